The molecule has 7 N–H and O–H groups in total. The molecule has 5 heterocycles. The summed E-state index contributed by atoms with van der Waals surface area (Å²) in [6.45, 7) is 9.91. The van der Waals surface area contributed by atoms with Gasteiger partial charge < -0.3 is 64.8 Å². The topological polar surface area (TPSA) is 264 Å². The SMILES string of the molecule is CCC(CO)OC(COC(=O)CCCC(=O)N[C@H](C)C(=O)OCCCNC(=O)[C@]1(O)C2Nc3cc(OC)c([C@@]4(C(=O)OC)CC5CN(CCC6=C4Cc4ccccc46)CC(O)(CC)C5)cc3[C@@]23CCN2CC=C[C@](CC)(C23)[C@H]1O)OC. The molecule has 0 aromatic heterocycles. The summed E-state index contributed by atoms with van der Waals surface area (Å²) in [4.78, 5) is 73.3. The summed E-state index contributed by atoms with van der Waals surface area (Å²) < 4.78 is 33.8. The minimum atomic E-state index is -2.42. The maximum Gasteiger partial charge on any atom is 0.328 e. The van der Waals surface area contributed by atoms with Gasteiger partial charge in [-0.2, -0.15) is 0 Å². The number of methoxy groups -OCH3 is 3. The Morgan fingerprint density at radius 3 is 2.46 bits per heavy atom. The van der Waals surface area contributed by atoms with Crippen molar-refractivity contribution in [1.29, 1.82) is 0 Å². The van der Waals surface area contributed by atoms with Gasteiger partial charge in [0.15, 0.2) is 11.9 Å². The first-order valence-corrected chi connectivity index (χ1v) is 29.2. The fourth-order valence-corrected chi connectivity index (χ4v) is 15.3. The van der Waals surface area contributed by atoms with Gasteiger partial charge in [0.2, 0.25) is 5.91 Å². The standard InChI is InChI=1S/C61H85N5O15/c1-8-40(34-67)81-50(77-6)35-80-49(69)19-13-18-48(68)63-37(4)51(70)79-27-15-23-62-55(72)61(75)52-59(22-26-66-24-14-21-58(10-3,53(59)66)54(61)71)44-29-45(47(76-5)30-46(44)64-52)60(56(73)78-7)32-38-31-57(74,9-2)36-65(33-38)25-20-42-41-17-12-11-16-39(41)28-43(42)60/h11-12,14,16-17,21,29-30,37-38,40,50,52-54,64,67,71,74-75H,8-10,13,15,18-20,22-28,31-36H2,1-7H3,(H,62,72)(H,63,68)/t37-,38?,40?,50?,52?,53?,54-,57?,58-,59+,60-,61+/m1/s1. The van der Waals surface area contributed by atoms with Crippen LogP contribution < -0.4 is 20.7 Å². The van der Waals surface area contributed by atoms with Crippen LogP contribution in [0.3, 0.4) is 0 Å². The Bertz CT molecular complexity index is 2750. The minimum Gasteiger partial charge on any atom is -0.496 e. The van der Waals surface area contributed by atoms with Crippen molar-refractivity contribution in [2.45, 2.75) is 163 Å². The Labute approximate surface area is 475 Å². The molecule has 0 radical (unpaired) electrons. The Kier molecular flexibility index (Phi) is 18.1. The van der Waals surface area contributed by atoms with Crippen molar-refractivity contribution in [3.8, 4) is 5.75 Å². The van der Waals surface area contributed by atoms with E-state index in [4.69, 9.17) is 28.4 Å². The smallest absolute Gasteiger partial charge is 0.328 e. The molecule has 81 heavy (non-hydrogen) atoms. The highest BCUT2D eigenvalue weighted by atomic mass is 16.7. The highest BCUT2D eigenvalue weighted by Crippen LogP contribution is 2.66. The lowest BCUT2D eigenvalue weighted by atomic mass is 9.47. The molecule has 2 amide bonds. The summed E-state index contributed by atoms with van der Waals surface area (Å²) in [5.41, 5.74) is -0.492. The molecule has 1 spiro atoms. The Morgan fingerprint density at radius 1 is 0.951 bits per heavy atom. The molecule has 444 valence electrons. The first kappa shape index (κ1) is 60.2. The van der Waals surface area contributed by atoms with E-state index >= 15 is 9.59 Å². The van der Waals surface area contributed by atoms with Crippen LogP contribution in [0.15, 0.2) is 54.1 Å². The van der Waals surface area contributed by atoms with Gasteiger partial charge in [-0.3, -0.25) is 29.0 Å². The Balaban J connectivity index is 0.942. The lowest BCUT2D eigenvalue weighted by molar-refractivity contribution is -0.200. The summed E-state index contributed by atoms with van der Waals surface area (Å²) in [5.74, 6) is -2.64. The van der Waals surface area contributed by atoms with Gasteiger partial charge >= 0.3 is 17.9 Å². The molecule has 2 aromatic carbocycles. The maximum absolute atomic E-state index is 15.5. The minimum absolute atomic E-state index is 0.0295. The van der Waals surface area contributed by atoms with Gasteiger partial charge in [-0.1, -0.05) is 57.2 Å². The summed E-state index contributed by atoms with van der Waals surface area (Å²) in [6.07, 6.45) is 5.32. The first-order valence-electron chi connectivity index (χ1n) is 29.2. The normalized spacial score (nSPS) is 31.7. The molecule has 2 saturated heterocycles. The number of anilines is 1. The van der Waals surface area contributed by atoms with Crippen LogP contribution in [-0.2, 0) is 64.9 Å². The molecule has 3 fully saturated rings. The van der Waals surface area contributed by atoms with Crippen LogP contribution in [0.25, 0.3) is 5.57 Å². The first-order chi connectivity index (χ1) is 38.9. The zero-order valence-corrected chi connectivity index (χ0v) is 48.2. The molecule has 1 saturated carbocycles. The van der Waals surface area contributed by atoms with Crippen LogP contribution in [0.5, 0.6) is 5.75 Å². The third-order valence-electron chi connectivity index (χ3n) is 19.2. The quantitative estimate of drug-likeness (QED) is 0.0276. The number of esters is 3. The molecule has 2 aliphatic carbocycles. The lowest BCUT2D eigenvalue weighted by Gasteiger charge is -2.62. The van der Waals surface area contributed by atoms with E-state index in [-0.39, 0.29) is 64.0 Å². The number of amides is 2. The van der Waals surface area contributed by atoms with E-state index in [0.717, 1.165) is 27.8 Å². The van der Waals surface area contributed by atoms with Crippen molar-refractivity contribution in [2.75, 3.05) is 85.7 Å². The third-order valence-corrected chi connectivity index (χ3v) is 19.2. The average Bonchev–Trinajstić information content (AvgIpc) is 2.32. The van der Waals surface area contributed by atoms with E-state index in [2.05, 4.69) is 43.9 Å². The van der Waals surface area contributed by atoms with Crippen molar-refractivity contribution < 1.29 is 72.8 Å². The van der Waals surface area contributed by atoms with Crippen molar-refractivity contribution >= 4 is 41.0 Å². The predicted molar refractivity (Wildman–Crippen MR) is 299 cm³/mol. The van der Waals surface area contributed by atoms with E-state index in [9.17, 15) is 34.8 Å². The number of nitrogens with zero attached hydrogens (tertiary/aromatic N) is 2. The van der Waals surface area contributed by atoms with Gasteiger partial charge in [0.05, 0.1) is 45.2 Å². The van der Waals surface area contributed by atoms with Crippen molar-refractivity contribution in [3.63, 3.8) is 0 Å². The molecule has 7 aliphatic rings. The Hall–Kier alpha value is -5.45. The maximum atomic E-state index is 15.5. The van der Waals surface area contributed by atoms with Crippen LogP contribution in [0.1, 0.15) is 121 Å². The van der Waals surface area contributed by atoms with Gasteiger partial charge in [-0.25, -0.2) is 4.79 Å². The number of carbonyl (C=O) groups excluding carboxylic acids is 5. The van der Waals surface area contributed by atoms with Gasteiger partial charge in [-0.05, 0) is 117 Å². The van der Waals surface area contributed by atoms with Gasteiger partial charge in [0.1, 0.15) is 29.9 Å². The fourth-order valence-electron chi connectivity index (χ4n) is 15.3. The molecule has 20 nitrogen and oxygen atoms in total. The summed E-state index contributed by atoms with van der Waals surface area (Å²) >= 11 is 0. The van der Waals surface area contributed by atoms with Gasteiger partial charge in [-0.15, -0.1) is 0 Å². The molecular weight excluding hydrogens is 1040 g/mol. The molecule has 9 rings (SSSR count). The molecule has 13 atom stereocenters. The van der Waals surface area contributed by atoms with E-state index in [1.165, 1.54) is 21.1 Å². The fraction of sp³-hybridized carbons (Fsp3) is 0.656. The highest BCUT2D eigenvalue weighted by Gasteiger charge is 2.77. The van der Waals surface area contributed by atoms with E-state index in [0.29, 0.717) is 101 Å². The number of piperidine rings is 1. The van der Waals surface area contributed by atoms with Crippen LogP contribution in [0, 0.1) is 11.3 Å². The zero-order chi connectivity index (χ0) is 58.1. The van der Waals surface area contributed by atoms with Crippen LogP contribution in [0.4, 0.5) is 5.69 Å². The highest BCUT2D eigenvalue weighted by molar-refractivity contribution is 5.96. The van der Waals surface area contributed by atoms with E-state index < -0.39 is 87.8 Å². The number of benzene rings is 2. The van der Waals surface area contributed by atoms with Crippen molar-refractivity contribution in [2.24, 2.45) is 11.3 Å². The second-order valence-electron chi connectivity index (χ2n) is 23.6. The Morgan fingerprint density at radius 2 is 1.74 bits per heavy atom. The number of hydrogen-bond acceptors (Lipinski definition) is 18. The van der Waals surface area contributed by atoms with Crippen LogP contribution in [0.2, 0.25) is 0 Å². The van der Waals surface area contributed by atoms with Crippen LogP contribution >= 0.6 is 0 Å². The number of ether oxygens (including phenoxy) is 6. The predicted octanol–water partition coefficient (Wildman–Crippen LogP) is 3.58. The van der Waals surface area contributed by atoms with Gasteiger partial charge in [0, 0.05) is 86.9 Å². The number of hydrogen-bond donors (Lipinski definition) is 7. The van der Waals surface area contributed by atoms with E-state index in [1.807, 2.05) is 51.1 Å². The third kappa shape index (κ3) is 10.7. The monoisotopic (exact) mass is 1130 g/mol. The molecule has 20 heteroatoms. The molecule has 2 aromatic rings. The number of rotatable bonds is 23. The number of aliphatic hydroxyl groups is 4. The second kappa shape index (κ2) is 24.4. The summed E-state index contributed by atoms with van der Waals surface area (Å²) in [7, 11) is 4.41. The van der Waals surface area contributed by atoms with Crippen molar-refractivity contribution in [3.05, 3.63) is 76.4 Å². The summed E-state index contributed by atoms with van der Waals surface area (Å²) in [6, 6.07) is 9.85. The number of fused-ring (bicyclic) bond motifs is 5. The number of carbonyl (C=O) groups is 5. The van der Waals surface area contributed by atoms with Crippen molar-refractivity contribution in [1.82, 2.24) is 20.4 Å². The van der Waals surface area contributed by atoms with E-state index in [1.54, 1.807) is 7.11 Å². The lowest BCUT2D eigenvalue weighted by Crippen LogP contribution is -2.80. The zero-order valence-electron chi connectivity index (χ0n) is 48.2. The molecule has 7 unspecified atom stereocenters. The van der Waals surface area contributed by atoms with Crippen LogP contribution in [-0.4, -0.2) is 188 Å². The number of aliphatic hydroxyl groups excluding tert-OH is 2. The molecule has 5 aliphatic heterocycles. The largest absolute Gasteiger partial charge is 0.496 e. The van der Waals surface area contributed by atoms with Gasteiger partial charge in [0.25, 0.3) is 5.91 Å². The molecule has 2 bridgehead atoms. The average molecular weight is 1130 g/mol. The summed E-state index contributed by atoms with van der Waals surface area (Å²) in [5, 5.41) is 56.8. The number of nitrogens with one attached hydrogen (secondary N) is 3. The second-order valence-corrected chi connectivity index (χ2v) is 23.6. The molecular formula is C61H85N5O15.